The SMILES string of the molecule is N#C/C(=C(/N)c1c(Cl)cccc1[N+](=O)[O-])c1ccccc1. The molecule has 0 saturated heterocycles. The average molecular weight is 300 g/mol. The Kier molecular flexibility index (Phi) is 4.21. The number of benzene rings is 2. The van der Waals surface area contributed by atoms with E-state index in [1.807, 2.05) is 6.07 Å². The first kappa shape index (κ1) is 14.6. The van der Waals surface area contributed by atoms with E-state index in [0.29, 0.717) is 5.56 Å². The smallest absolute Gasteiger partial charge is 0.280 e. The predicted molar refractivity (Wildman–Crippen MR) is 81.2 cm³/mol. The lowest BCUT2D eigenvalue weighted by molar-refractivity contribution is -0.385. The molecule has 0 saturated carbocycles. The van der Waals surface area contributed by atoms with Crippen molar-refractivity contribution in [1.82, 2.24) is 0 Å². The fourth-order valence-electron chi connectivity index (χ4n) is 1.94. The Bertz CT molecular complexity index is 764. The van der Waals surface area contributed by atoms with Gasteiger partial charge in [0.15, 0.2) is 0 Å². The number of halogens is 1. The maximum Gasteiger partial charge on any atom is 0.280 e. The van der Waals surface area contributed by atoms with Gasteiger partial charge in [-0.05, 0) is 11.6 Å². The van der Waals surface area contributed by atoms with Crippen molar-refractivity contribution in [3.05, 3.63) is 74.8 Å². The zero-order valence-electron chi connectivity index (χ0n) is 10.8. The van der Waals surface area contributed by atoms with Crippen LogP contribution in [0, 0.1) is 21.4 Å². The van der Waals surface area contributed by atoms with Gasteiger partial charge in [-0.3, -0.25) is 10.1 Å². The maximum absolute atomic E-state index is 11.1. The molecule has 0 bridgehead atoms. The summed E-state index contributed by atoms with van der Waals surface area (Å²) in [4.78, 5) is 10.5. The van der Waals surface area contributed by atoms with E-state index >= 15 is 0 Å². The zero-order valence-corrected chi connectivity index (χ0v) is 11.5. The highest BCUT2D eigenvalue weighted by atomic mass is 35.5. The van der Waals surface area contributed by atoms with Crippen molar-refractivity contribution in [2.24, 2.45) is 5.73 Å². The quantitative estimate of drug-likeness (QED) is 0.405. The second kappa shape index (κ2) is 6.07. The first-order chi connectivity index (χ1) is 10.1. The molecule has 0 fully saturated rings. The summed E-state index contributed by atoms with van der Waals surface area (Å²) < 4.78 is 0. The average Bonchev–Trinajstić information content (AvgIpc) is 2.48. The Labute approximate surface area is 126 Å². The van der Waals surface area contributed by atoms with Crippen LogP contribution in [-0.4, -0.2) is 4.92 Å². The van der Waals surface area contributed by atoms with Gasteiger partial charge in [0.25, 0.3) is 5.69 Å². The van der Waals surface area contributed by atoms with Crippen LogP contribution in [-0.2, 0) is 0 Å². The molecule has 0 aromatic heterocycles. The summed E-state index contributed by atoms with van der Waals surface area (Å²) in [5.74, 6) is 0. The minimum absolute atomic E-state index is 0.0130. The van der Waals surface area contributed by atoms with Gasteiger partial charge < -0.3 is 5.73 Å². The van der Waals surface area contributed by atoms with Crippen molar-refractivity contribution >= 4 is 28.6 Å². The molecule has 2 N–H and O–H groups in total. The molecule has 104 valence electrons. The molecule has 0 atom stereocenters. The van der Waals surface area contributed by atoms with Crippen molar-refractivity contribution in [2.75, 3.05) is 0 Å². The van der Waals surface area contributed by atoms with Gasteiger partial charge in [-0.15, -0.1) is 0 Å². The number of nitriles is 1. The van der Waals surface area contributed by atoms with E-state index in [0.717, 1.165) is 0 Å². The number of nitrogens with zero attached hydrogens (tertiary/aromatic N) is 2. The van der Waals surface area contributed by atoms with E-state index in [9.17, 15) is 15.4 Å². The third-order valence-electron chi connectivity index (χ3n) is 2.90. The lowest BCUT2D eigenvalue weighted by Crippen LogP contribution is -2.05. The molecule has 0 spiro atoms. The van der Waals surface area contributed by atoms with Gasteiger partial charge in [-0.2, -0.15) is 5.26 Å². The fourth-order valence-corrected chi connectivity index (χ4v) is 2.21. The van der Waals surface area contributed by atoms with E-state index in [2.05, 4.69) is 0 Å². The number of nitro benzene ring substituents is 1. The van der Waals surface area contributed by atoms with Crippen LogP contribution in [0.5, 0.6) is 0 Å². The Hall–Kier alpha value is -2.84. The van der Waals surface area contributed by atoms with Gasteiger partial charge in [0.05, 0.1) is 26.8 Å². The summed E-state index contributed by atoms with van der Waals surface area (Å²) in [5.41, 5.74) is 6.52. The molecule has 6 heteroatoms. The lowest BCUT2D eigenvalue weighted by Gasteiger charge is -2.08. The standard InChI is InChI=1S/C15H10ClN3O2/c16-12-7-4-8-13(19(20)21)14(12)15(18)11(9-17)10-5-2-1-3-6-10/h1-8H,18H2/b15-11-. The molecular formula is C15H10ClN3O2. The van der Waals surface area contributed by atoms with Gasteiger partial charge in [-0.25, -0.2) is 0 Å². The summed E-state index contributed by atoms with van der Waals surface area (Å²) in [6.45, 7) is 0. The van der Waals surface area contributed by atoms with E-state index in [1.54, 1.807) is 30.3 Å². The van der Waals surface area contributed by atoms with E-state index in [-0.39, 0.29) is 27.5 Å². The fraction of sp³-hybridized carbons (Fsp3) is 0. The molecule has 2 aromatic carbocycles. The van der Waals surface area contributed by atoms with E-state index in [1.165, 1.54) is 18.2 Å². The molecule has 5 nitrogen and oxygen atoms in total. The Morgan fingerprint density at radius 1 is 1.19 bits per heavy atom. The monoisotopic (exact) mass is 299 g/mol. The molecule has 0 heterocycles. The van der Waals surface area contributed by atoms with Crippen molar-refractivity contribution in [1.29, 1.82) is 5.26 Å². The number of nitro groups is 1. The van der Waals surface area contributed by atoms with Crippen LogP contribution in [0.15, 0.2) is 48.5 Å². The van der Waals surface area contributed by atoms with E-state index < -0.39 is 4.92 Å². The Balaban J connectivity index is 2.74. The molecule has 0 unspecified atom stereocenters. The van der Waals surface area contributed by atoms with Crippen LogP contribution < -0.4 is 5.73 Å². The van der Waals surface area contributed by atoms with Crippen LogP contribution in [0.1, 0.15) is 11.1 Å². The van der Waals surface area contributed by atoms with Gasteiger partial charge in [0.1, 0.15) is 6.07 Å². The third kappa shape index (κ3) is 2.86. The molecule has 0 aliphatic rings. The van der Waals surface area contributed by atoms with Crippen molar-refractivity contribution in [3.8, 4) is 6.07 Å². The topological polar surface area (TPSA) is 93.0 Å². The van der Waals surface area contributed by atoms with Crippen molar-refractivity contribution < 1.29 is 4.92 Å². The summed E-state index contributed by atoms with van der Waals surface area (Å²) in [6.07, 6.45) is 0. The van der Waals surface area contributed by atoms with Crippen LogP contribution in [0.4, 0.5) is 5.69 Å². The molecule has 0 amide bonds. The highest BCUT2D eigenvalue weighted by molar-refractivity contribution is 6.33. The number of nitrogens with two attached hydrogens (primary N) is 1. The first-order valence-electron chi connectivity index (χ1n) is 5.94. The molecule has 2 rings (SSSR count). The molecule has 0 aliphatic carbocycles. The Morgan fingerprint density at radius 3 is 2.43 bits per heavy atom. The summed E-state index contributed by atoms with van der Waals surface area (Å²) in [5, 5.41) is 20.6. The van der Waals surface area contributed by atoms with Gasteiger partial charge in [0, 0.05) is 6.07 Å². The minimum atomic E-state index is -0.575. The first-order valence-corrected chi connectivity index (χ1v) is 6.32. The van der Waals surface area contributed by atoms with Crippen LogP contribution >= 0.6 is 11.6 Å². The minimum Gasteiger partial charge on any atom is -0.397 e. The summed E-state index contributed by atoms with van der Waals surface area (Å²) in [6, 6.07) is 14.9. The molecular weight excluding hydrogens is 290 g/mol. The number of rotatable bonds is 3. The molecule has 0 radical (unpaired) electrons. The summed E-state index contributed by atoms with van der Waals surface area (Å²) in [7, 11) is 0. The molecule has 0 aliphatic heterocycles. The second-order valence-corrected chi connectivity index (χ2v) is 4.56. The zero-order chi connectivity index (χ0) is 15.4. The van der Waals surface area contributed by atoms with Crippen molar-refractivity contribution in [3.63, 3.8) is 0 Å². The molecule has 2 aromatic rings. The second-order valence-electron chi connectivity index (χ2n) is 4.16. The third-order valence-corrected chi connectivity index (χ3v) is 3.22. The number of allylic oxidation sites excluding steroid dienone is 1. The largest absolute Gasteiger partial charge is 0.397 e. The highest BCUT2D eigenvalue weighted by Gasteiger charge is 2.21. The predicted octanol–water partition coefficient (Wildman–Crippen LogP) is 3.60. The normalized spacial score (nSPS) is 11.4. The Morgan fingerprint density at radius 2 is 1.86 bits per heavy atom. The summed E-state index contributed by atoms with van der Waals surface area (Å²) >= 11 is 6.03. The number of hydrogen-bond acceptors (Lipinski definition) is 4. The van der Waals surface area contributed by atoms with Gasteiger partial charge >= 0.3 is 0 Å². The van der Waals surface area contributed by atoms with E-state index in [4.69, 9.17) is 17.3 Å². The van der Waals surface area contributed by atoms with Crippen molar-refractivity contribution in [2.45, 2.75) is 0 Å². The highest BCUT2D eigenvalue weighted by Crippen LogP contribution is 2.33. The van der Waals surface area contributed by atoms with Gasteiger partial charge in [0.2, 0.25) is 0 Å². The number of hydrogen-bond donors (Lipinski definition) is 1. The maximum atomic E-state index is 11.1. The van der Waals surface area contributed by atoms with Crippen LogP contribution in [0.2, 0.25) is 5.02 Å². The van der Waals surface area contributed by atoms with Gasteiger partial charge in [-0.1, -0.05) is 48.0 Å². The van der Waals surface area contributed by atoms with Crippen LogP contribution in [0.3, 0.4) is 0 Å². The lowest BCUT2D eigenvalue weighted by atomic mass is 10.00. The van der Waals surface area contributed by atoms with Crippen LogP contribution in [0.25, 0.3) is 11.3 Å². The molecule has 21 heavy (non-hydrogen) atoms.